The van der Waals surface area contributed by atoms with Crippen LogP contribution in [0.25, 0.3) is 0 Å². The molecule has 5 nitrogen and oxygen atoms in total. The van der Waals surface area contributed by atoms with E-state index in [9.17, 15) is 17.6 Å². The second kappa shape index (κ2) is 4.85. The van der Waals surface area contributed by atoms with Crippen molar-refractivity contribution in [1.29, 1.82) is 0 Å². The predicted octanol–water partition coefficient (Wildman–Crippen LogP) is 1.62. The highest BCUT2D eigenvalue weighted by Crippen LogP contribution is 2.18. The lowest BCUT2D eigenvalue weighted by atomic mass is 10.2. The van der Waals surface area contributed by atoms with E-state index in [2.05, 4.69) is 9.71 Å². The van der Waals surface area contributed by atoms with Gasteiger partial charge in [-0.1, -0.05) is 6.07 Å². The Balaban J connectivity index is 2.45. The lowest BCUT2D eigenvalue weighted by Gasteiger charge is -2.08. The number of halogens is 1. The summed E-state index contributed by atoms with van der Waals surface area (Å²) in [5.74, 6) is -0.707. The lowest BCUT2D eigenvalue weighted by molar-refractivity contribution is 0.597. The molecule has 0 spiro atoms. The first-order valence-corrected chi connectivity index (χ1v) is 6.84. The van der Waals surface area contributed by atoms with Gasteiger partial charge in [-0.2, -0.15) is 0 Å². The molecule has 0 atom stereocenters. The van der Waals surface area contributed by atoms with Crippen LogP contribution in [0.3, 0.4) is 0 Å². The van der Waals surface area contributed by atoms with Crippen molar-refractivity contribution in [3.05, 3.63) is 58.3 Å². The number of aromatic nitrogens is 1. The monoisotopic (exact) mass is 282 g/mol. The molecule has 7 heteroatoms. The molecule has 1 aromatic carbocycles. The van der Waals surface area contributed by atoms with E-state index in [0.29, 0.717) is 5.56 Å². The summed E-state index contributed by atoms with van der Waals surface area (Å²) >= 11 is 0. The van der Waals surface area contributed by atoms with Crippen LogP contribution in [0.2, 0.25) is 0 Å². The average Bonchev–Trinajstić information content (AvgIpc) is 2.34. The lowest BCUT2D eigenvalue weighted by Crippen LogP contribution is -2.21. The molecule has 0 bridgehead atoms. The van der Waals surface area contributed by atoms with Crippen molar-refractivity contribution < 1.29 is 12.8 Å². The Kier molecular flexibility index (Phi) is 3.39. The minimum atomic E-state index is -4.12. The summed E-state index contributed by atoms with van der Waals surface area (Å²) in [5, 5.41) is 0. The standard InChI is InChI=1S/C12H11FN2O3S/c1-8-2-3-9(13)10(6-8)15-19(17,18)12-7-14-5-4-11(12)16/h2-7,15H,1H3,(H,14,16). The molecule has 2 aromatic rings. The maximum atomic E-state index is 13.5. The molecular formula is C12H11FN2O3S. The van der Waals surface area contributed by atoms with E-state index < -0.39 is 26.2 Å². The van der Waals surface area contributed by atoms with Gasteiger partial charge in [0.1, 0.15) is 5.82 Å². The quantitative estimate of drug-likeness (QED) is 0.898. The van der Waals surface area contributed by atoms with Crippen molar-refractivity contribution >= 4 is 15.7 Å². The molecule has 0 unspecified atom stereocenters. The summed E-state index contributed by atoms with van der Waals surface area (Å²) < 4.78 is 39.5. The highest BCUT2D eigenvalue weighted by Gasteiger charge is 2.19. The molecule has 1 aromatic heterocycles. The van der Waals surface area contributed by atoms with Crippen molar-refractivity contribution in [1.82, 2.24) is 4.98 Å². The van der Waals surface area contributed by atoms with Crippen LogP contribution in [0.4, 0.5) is 10.1 Å². The molecular weight excluding hydrogens is 271 g/mol. The molecule has 0 saturated heterocycles. The van der Waals surface area contributed by atoms with Crippen molar-refractivity contribution in [3.8, 4) is 0 Å². The average molecular weight is 282 g/mol. The van der Waals surface area contributed by atoms with Gasteiger partial charge in [0.25, 0.3) is 10.0 Å². The van der Waals surface area contributed by atoms with Crippen molar-refractivity contribution in [2.45, 2.75) is 11.8 Å². The fraction of sp³-hybridized carbons (Fsp3) is 0.0833. The molecule has 0 amide bonds. The van der Waals surface area contributed by atoms with Crippen molar-refractivity contribution in [3.63, 3.8) is 0 Å². The first-order valence-electron chi connectivity index (χ1n) is 5.36. The summed E-state index contributed by atoms with van der Waals surface area (Å²) in [4.78, 5) is 13.5. The van der Waals surface area contributed by atoms with E-state index in [0.717, 1.165) is 18.3 Å². The molecule has 0 aliphatic carbocycles. The van der Waals surface area contributed by atoms with E-state index in [4.69, 9.17) is 0 Å². The molecule has 0 aliphatic heterocycles. The normalized spacial score (nSPS) is 11.3. The molecule has 100 valence electrons. The van der Waals surface area contributed by atoms with E-state index in [1.54, 1.807) is 6.92 Å². The third-order valence-corrected chi connectivity index (χ3v) is 3.83. The topological polar surface area (TPSA) is 79.0 Å². The van der Waals surface area contributed by atoms with Crippen LogP contribution in [0, 0.1) is 12.7 Å². The fourth-order valence-electron chi connectivity index (χ4n) is 1.53. The number of aromatic amines is 1. The molecule has 0 aliphatic rings. The third-order valence-electron chi connectivity index (χ3n) is 2.44. The van der Waals surface area contributed by atoms with E-state index in [1.165, 1.54) is 18.3 Å². The molecule has 2 N–H and O–H groups in total. The maximum absolute atomic E-state index is 13.5. The molecule has 19 heavy (non-hydrogen) atoms. The minimum absolute atomic E-state index is 0.191. The second-order valence-electron chi connectivity index (χ2n) is 3.96. The number of hydrogen-bond acceptors (Lipinski definition) is 3. The smallest absolute Gasteiger partial charge is 0.267 e. The molecule has 0 saturated carbocycles. The first-order chi connectivity index (χ1) is 8.90. The summed E-state index contributed by atoms with van der Waals surface area (Å²) in [5.41, 5.74) is -0.163. The van der Waals surface area contributed by atoms with E-state index in [-0.39, 0.29) is 5.69 Å². The van der Waals surface area contributed by atoms with Gasteiger partial charge < -0.3 is 4.98 Å². The number of pyridine rings is 1. The zero-order valence-electron chi connectivity index (χ0n) is 9.98. The Hall–Kier alpha value is -2.15. The van der Waals surface area contributed by atoms with Gasteiger partial charge in [-0.15, -0.1) is 0 Å². The molecule has 0 radical (unpaired) electrons. The maximum Gasteiger partial charge on any atom is 0.267 e. The molecule has 1 heterocycles. The number of aryl methyl sites for hydroxylation is 1. The number of anilines is 1. The van der Waals surface area contributed by atoms with Crippen LogP contribution in [-0.4, -0.2) is 13.4 Å². The van der Waals surface area contributed by atoms with Crippen LogP contribution in [0.1, 0.15) is 5.56 Å². The number of H-pyrrole nitrogens is 1. The van der Waals surface area contributed by atoms with Crippen molar-refractivity contribution in [2.24, 2.45) is 0 Å². The van der Waals surface area contributed by atoms with Gasteiger partial charge in [-0.05, 0) is 24.6 Å². The van der Waals surface area contributed by atoms with Crippen LogP contribution >= 0.6 is 0 Å². The van der Waals surface area contributed by atoms with Gasteiger partial charge in [-0.25, -0.2) is 12.8 Å². The summed E-state index contributed by atoms with van der Waals surface area (Å²) in [6.07, 6.45) is 2.37. The predicted molar refractivity (Wildman–Crippen MR) is 69.0 cm³/mol. The number of sulfonamides is 1. The number of hydrogen-bond donors (Lipinski definition) is 2. The van der Waals surface area contributed by atoms with Crippen LogP contribution in [0.5, 0.6) is 0 Å². The van der Waals surface area contributed by atoms with Gasteiger partial charge in [0.2, 0.25) is 5.43 Å². The minimum Gasteiger partial charge on any atom is -0.366 e. The number of rotatable bonds is 3. The summed E-state index contributed by atoms with van der Waals surface area (Å²) in [6, 6.07) is 5.11. The van der Waals surface area contributed by atoms with Crippen LogP contribution in [0.15, 0.2) is 46.3 Å². The van der Waals surface area contributed by atoms with Gasteiger partial charge >= 0.3 is 0 Å². The fourth-order valence-corrected chi connectivity index (χ4v) is 2.64. The van der Waals surface area contributed by atoms with Gasteiger partial charge in [-0.3, -0.25) is 9.52 Å². The zero-order valence-corrected chi connectivity index (χ0v) is 10.8. The number of nitrogens with one attached hydrogen (secondary N) is 2. The largest absolute Gasteiger partial charge is 0.366 e. The highest BCUT2D eigenvalue weighted by molar-refractivity contribution is 7.92. The SMILES string of the molecule is Cc1ccc(F)c(NS(=O)(=O)c2c[nH]ccc2=O)c1. The number of benzene rings is 1. The zero-order chi connectivity index (χ0) is 14.0. The highest BCUT2D eigenvalue weighted by atomic mass is 32.2. The second-order valence-corrected chi connectivity index (χ2v) is 5.61. The molecule has 2 rings (SSSR count). The Bertz CT molecular complexity index is 769. The van der Waals surface area contributed by atoms with Crippen molar-refractivity contribution in [2.75, 3.05) is 4.72 Å². The Morgan fingerprint density at radius 2 is 2.00 bits per heavy atom. The Labute approximate surface area is 109 Å². The summed E-state index contributed by atoms with van der Waals surface area (Å²) in [6.45, 7) is 1.70. The van der Waals surface area contributed by atoms with E-state index in [1.807, 2.05) is 0 Å². The van der Waals surface area contributed by atoms with Gasteiger partial charge in [0, 0.05) is 18.5 Å². The summed E-state index contributed by atoms with van der Waals surface area (Å²) in [7, 11) is -4.12. The Morgan fingerprint density at radius 1 is 1.26 bits per heavy atom. The van der Waals surface area contributed by atoms with Crippen LogP contribution < -0.4 is 10.2 Å². The first kappa shape index (κ1) is 13.3. The Morgan fingerprint density at radius 3 is 2.68 bits per heavy atom. The molecule has 0 fully saturated rings. The third kappa shape index (κ3) is 2.82. The van der Waals surface area contributed by atoms with Gasteiger partial charge in [0.05, 0.1) is 5.69 Å². The van der Waals surface area contributed by atoms with Gasteiger partial charge in [0.15, 0.2) is 4.90 Å². The van der Waals surface area contributed by atoms with Crippen LogP contribution in [-0.2, 0) is 10.0 Å². The van der Waals surface area contributed by atoms with E-state index >= 15 is 0 Å².